The number of rotatable bonds is 3. The molecule has 0 fully saturated rings. The Bertz CT molecular complexity index is 319. The molecule has 0 saturated heterocycles. The van der Waals surface area contributed by atoms with Crippen molar-refractivity contribution in [3.63, 3.8) is 0 Å². The number of hydrogen-bond donors (Lipinski definition) is 3. The van der Waals surface area contributed by atoms with E-state index in [1.54, 1.807) is 12.1 Å². The van der Waals surface area contributed by atoms with E-state index >= 15 is 0 Å². The first kappa shape index (κ1) is 8.73. The fourth-order valence-electron chi connectivity index (χ4n) is 0.767. The summed E-state index contributed by atoms with van der Waals surface area (Å²) in [7, 11) is 0. The molecule has 5 heteroatoms. The minimum absolute atomic E-state index is 0.00204. The van der Waals surface area contributed by atoms with Gasteiger partial charge in [0.2, 0.25) is 0 Å². The van der Waals surface area contributed by atoms with Gasteiger partial charge >= 0.3 is 5.97 Å². The standard InChI is InChI=1S/C7H8N2O2S/c8-7(9)5-2-1-4(12-5)3-6(10)11/h1-2H,3H2,(H3,8,9)(H,10,11). The maximum atomic E-state index is 10.3. The number of aliphatic carboxylic acids is 1. The van der Waals surface area contributed by atoms with Crippen LogP contribution in [0.2, 0.25) is 0 Å². The smallest absolute Gasteiger partial charge is 0.308 e. The van der Waals surface area contributed by atoms with Crippen LogP contribution in [0.15, 0.2) is 12.1 Å². The van der Waals surface area contributed by atoms with Crippen LogP contribution in [-0.4, -0.2) is 16.9 Å². The largest absolute Gasteiger partial charge is 0.481 e. The normalized spacial score (nSPS) is 9.67. The second-order valence-corrected chi connectivity index (χ2v) is 3.42. The average molecular weight is 184 g/mol. The molecule has 4 N–H and O–H groups in total. The van der Waals surface area contributed by atoms with Gasteiger partial charge in [-0.05, 0) is 12.1 Å². The zero-order chi connectivity index (χ0) is 9.14. The van der Waals surface area contributed by atoms with Gasteiger partial charge in [-0.25, -0.2) is 0 Å². The summed E-state index contributed by atoms with van der Waals surface area (Å²) in [6, 6.07) is 3.33. The lowest BCUT2D eigenvalue weighted by molar-refractivity contribution is -0.136. The van der Waals surface area contributed by atoms with Gasteiger partial charge in [-0.3, -0.25) is 10.2 Å². The van der Waals surface area contributed by atoms with Crippen LogP contribution < -0.4 is 5.73 Å². The fraction of sp³-hybridized carbons (Fsp3) is 0.143. The number of nitrogen functional groups attached to an aromatic ring is 1. The zero-order valence-electron chi connectivity index (χ0n) is 6.20. The maximum absolute atomic E-state index is 10.3. The minimum atomic E-state index is -0.869. The molecule has 1 rings (SSSR count). The third-order valence-electron chi connectivity index (χ3n) is 1.25. The molecule has 0 aliphatic heterocycles. The van der Waals surface area contributed by atoms with Crippen molar-refractivity contribution in [3.8, 4) is 0 Å². The van der Waals surface area contributed by atoms with Crippen LogP contribution in [0.5, 0.6) is 0 Å². The first-order valence-electron chi connectivity index (χ1n) is 3.24. The number of amidine groups is 1. The molecule has 0 atom stereocenters. The molecule has 4 nitrogen and oxygen atoms in total. The van der Waals surface area contributed by atoms with Crippen molar-refractivity contribution in [2.24, 2.45) is 5.73 Å². The van der Waals surface area contributed by atoms with Crippen LogP contribution >= 0.6 is 11.3 Å². The summed E-state index contributed by atoms with van der Waals surface area (Å²) in [5, 5.41) is 15.5. The van der Waals surface area contributed by atoms with Crippen molar-refractivity contribution in [1.29, 1.82) is 5.41 Å². The Labute approximate surface area is 73.1 Å². The van der Waals surface area contributed by atoms with Gasteiger partial charge in [-0.2, -0.15) is 0 Å². The Morgan fingerprint density at radius 3 is 2.75 bits per heavy atom. The second kappa shape index (κ2) is 3.36. The van der Waals surface area contributed by atoms with Crippen LogP contribution in [0, 0.1) is 5.41 Å². The van der Waals surface area contributed by atoms with Gasteiger partial charge in [0.15, 0.2) is 0 Å². The Kier molecular flexibility index (Phi) is 2.44. The van der Waals surface area contributed by atoms with Crippen molar-refractivity contribution >= 4 is 23.1 Å². The summed E-state index contributed by atoms with van der Waals surface area (Å²) in [5.41, 5.74) is 5.20. The first-order valence-corrected chi connectivity index (χ1v) is 4.06. The van der Waals surface area contributed by atoms with E-state index < -0.39 is 5.97 Å². The predicted octanol–water partition coefficient (Wildman–Crippen LogP) is 0.659. The number of nitrogens with one attached hydrogen (secondary N) is 1. The topological polar surface area (TPSA) is 87.2 Å². The average Bonchev–Trinajstić information content (AvgIpc) is 2.34. The number of hydrogen-bond acceptors (Lipinski definition) is 3. The third kappa shape index (κ3) is 2.06. The molecular weight excluding hydrogens is 176 g/mol. The van der Waals surface area contributed by atoms with Crippen LogP contribution in [-0.2, 0) is 11.2 Å². The number of carbonyl (C=O) groups is 1. The molecule has 0 aliphatic carbocycles. The SMILES string of the molecule is N=C(N)c1ccc(CC(=O)O)s1. The Morgan fingerprint density at radius 1 is 1.67 bits per heavy atom. The Hall–Kier alpha value is -1.36. The summed E-state index contributed by atoms with van der Waals surface area (Å²) in [6.45, 7) is 0. The van der Waals surface area contributed by atoms with Crippen molar-refractivity contribution < 1.29 is 9.90 Å². The van der Waals surface area contributed by atoms with E-state index in [0.717, 1.165) is 0 Å². The predicted molar refractivity (Wildman–Crippen MR) is 46.7 cm³/mol. The van der Waals surface area contributed by atoms with Crippen LogP contribution in [0.4, 0.5) is 0 Å². The lowest BCUT2D eigenvalue weighted by Gasteiger charge is -1.89. The molecule has 0 saturated carbocycles. The molecule has 0 bridgehead atoms. The zero-order valence-corrected chi connectivity index (χ0v) is 7.02. The maximum Gasteiger partial charge on any atom is 0.308 e. The molecule has 1 heterocycles. The lowest BCUT2D eigenvalue weighted by atomic mass is 10.3. The summed E-state index contributed by atoms with van der Waals surface area (Å²) in [6.07, 6.45) is -0.00204. The van der Waals surface area contributed by atoms with Crippen molar-refractivity contribution in [3.05, 3.63) is 21.9 Å². The molecule has 12 heavy (non-hydrogen) atoms. The summed E-state index contributed by atoms with van der Waals surface area (Å²) >= 11 is 1.24. The monoisotopic (exact) mass is 184 g/mol. The molecule has 1 aromatic rings. The van der Waals surface area contributed by atoms with E-state index in [9.17, 15) is 4.79 Å². The van der Waals surface area contributed by atoms with E-state index in [4.69, 9.17) is 16.2 Å². The van der Waals surface area contributed by atoms with Crippen LogP contribution in [0.25, 0.3) is 0 Å². The molecule has 0 unspecified atom stereocenters. The summed E-state index contributed by atoms with van der Waals surface area (Å²) < 4.78 is 0. The lowest BCUT2D eigenvalue weighted by Crippen LogP contribution is -2.08. The molecule has 0 aliphatic rings. The summed E-state index contributed by atoms with van der Waals surface area (Å²) in [4.78, 5) is 11.6. The quantitative estimate of drug-likeness (QED) is 0.476. The molecule has 0 radical (unpaired) electrons. The highest BCUT2D eigenvalue weighted by Gasteiger charge is 2.05. The minimum Gasteiger partial charge on any atom is -0.481 e. The van der Waals surface area contributed by atoms with Crippen LogP contribution in [0.1, 0.15) is 9.75 Å². The van der Waals surface area contributed by atoms with E-state index in [2.05, 4.69) is 0 Å². The molecular formula is C7H8N2O2S. The highest BCUT2D eigenvalue weighted by atomic mass is 32.1. The van der Waals surface area contributed by atoms with E-state index in [1.165, 1.54) is 11.3 Å². The van der Waals surface area contributed by atoms with Gasteiger partial charge in [0.25, 0.3) is 0 Å². The van der Waals surface area contributed by atoms with Crippen molar-refractivity contribution in [1.82, 2.24) is 0 Å². The number of carboxylic acids is 1. The van der Waals surface area contributed by atoms with E-state index in [1.807, 2.05) is 0 Å². The summed E-state index contributed by atoms with van der Waals surface area (Å²) in [5.74, 6) is -0.886. The van der Waals surface area contributed by atoms with Crippen molar-refractivity contribution in [2.45, 2.75) is 6.42 Å². The van der Waals surface area contributed by atoms with Gasteiger partial charge in [0.1, 0.15) is 5.84 Å². The molecule has 0 aromatic carbocycles. The Morgan fingerprint density at radius 2 is 2.33 bits per heavy atom. The van der Waals surface area contributed by atoms with Gasteiger partial charge in [-0.1, -0.05) is 0 Å². The first-order chi connectivity index (χ1) is 5.59. The molecule has 0 spiro atoms. The van der Waals surface area contributed by atoms with Gasteiger partial charge in [0.05, 0.1) is 11.3 Å². The van der Waals surface area contributed by atoms with Crippen molar-refractivity contribution in [2.75, 3.05) is 0 Å². The second-order valence-electron chi connectivity index (χ2n) is 2.25. The van der Waals surface area contributed by atoms with Gasteiger partial charge in [0, 0.05) is 4.88 Å². The van der Waals surface area contributed by atoms with E-state index in [0.29, 0.717) is 9.75 Å². The fourth-order valence-corrected chi connectivity index (χ4v) is 1.63. The van der Waals surface area contributed by atoms with Gasteiger partial charge < -0.3 is 10.8 Å². The molecule has 64 valence electrons. The number of thiophene rings is 1. The highest BCUT2D eigenvalue weighted by molar-refractivity contribution is 7.14. The van der Waals surface area contributed by atoms with E-state index in [-0.39, 0.29) is 12.3 Å². The van der Waals surface area contributed by atoms with Gasteiger partial charge in [-0.15, -0.1) is 11.3 Å². The molecule has 1 aromatic heterocycles. The number of carboxylic acid groups (broad SMARTS) is 1. The third-order valence-corrected chi connectivity index (χ3v) is 2.37. The highest BCUT2D eigenvalue weighted by Crippen LogP contribution is 2.15. The Balaban J connectivity index is 2.77. The van der Waals surface area contributed by atoms with Crippen LogP contribution in [0.3, 0.4) is 0 Å². The number of nitrogens with two attached hydrogens (primary N) is 1. The molecule has 0 amide bonds.